The van der Waals surface area contributed by atoms with E-state index in [1.807, 2.05) is 24.3 Å². The lowest BCUT2D eigenvalue weighted by molar-refractivity contribution is 0.238. The van der Waals surface area contributed by atoms with Crippen LogP contribution in [0.1, 0.15) is 16.7 Å². The van der Waals surface area contributed by atoms with Crippen LogP contribution in [0.4, 0.5) is 14.5 Å². The van der Waals surface area contributed by atoms with Crippen LogP contribution in [0.3, 0.4) is 0 Å². The monoisotopic (exact) mass is 310 g/mol. The molecule has 5 heteroatoms. The minimum atomic E-state index is -0.321. The van der Waals surface area contributed by atoms with Crippen LogP contribution in [0.25, 0.3) is 0 Å². The van der Waals surface area contributed by atoms with E-state index in [1.54, 1.807) is 0 Å². The Balaban J connectivity index is 0.00000161. The van der Waals surface area contributed by atoms with Crippen molar-refractivity contribution in [1.29, 1.82) is 0 Å². The highest BCUT2D eigenvalue weighted by Gasteiger charge is 2.22. The van der Waals surface area contributed by atoms with Gasteiger partial charge in [0, 0.05) is 30.9 Å². The average molecular weight is 311 g/mol. The molecule has 1 heterocycles. The van der Waals surface area contributed by atoms with Gasteiger partial charge in [0.25, 0.3) is 0 Å². The van der Waals surface area contributed by atoms with E-state index >= 15 is 0 Å². The second-order valence-corrected chi connectivity index (χ2v) is 5.19. The lowest BCUT2D eigenvalue weighted by atomic mass is 9.98. The van der Waals surface area contributed by atoms with Crippen LogP contribution in [-0.2, 0) is 19.5 Å². The summed E-state index contributed by atoms with van der Waals surface area (Å²) in [6.07, 6.45) is 0.543. The molecule has 1 aliphatic rings. The molecule has 0 bridgehead atoms. The minimum absolute atomic E-state index is 0. The molecule has 0 aliphatic carbocycles. The normalized spacial score (nSPS) is 14.4. The first-order chi connectivity index (χ1) is 9.63. The SMILES string of the molecule is Cl.Nc1cccc(CN2CCc3c(F)ccc(F)c3C2)c1. The van der Waals surface area contributed by atoms with Gasteiger partial charge in [0.05, 0.1) is 0 Å². The summed E-state index contributed by atoms with van der Waals surface area (Å²) in [7, 11) is 0. The van der Waals surface area contributed by atoms with E-state index in [1.165, 1.54) is 12.1 Å². The number of nitrogens with zero attached hydrogens (tertiary/aromatic N) is 1. The fraction of sp³-hybridized carbons (Fsp3) is 0.250. The lowest BCUT2D eigenvalue weighted by Gasteiger charge is -2.29. The van der Waals surface area contributed by atoms with E-state index in [0.717, 1.165) is 17.8 Å². The van der Waals surface area contributed by atoms with Gasteiger partial charge in [0.1, 0.15) is 11.6 Å². The summed E-state index contributed by atoms with van der Waals surface area (Å²) in [5, 5.41) is 0. The lowest BCUT2D eigenvalue weighted by Crippen LogP contribution is -2.31. The van der Waals surface area contributed by atoms with Gasteiger partial charge in [-0.15, -0.1) is 12.4 Å². The van der Waals surface area contributed by atoms with Crippen molar-refractivity contribution in [3.8, 4) is 0 Å². The average Bonchev–Trinajstić information content (AvgIpc) is 2.43. The molecule has 0 saturated heterocycles. The summed E-state index contributed by atoms with van der Waals surface area (Å²) in [6.45, 7) is 1.86. The fourth-order valence-electron chi connectivity index (χ4n) is 2.73. The first-order valence-corrected chi connectivity index (χ1v) is 6.66. The Labute approximate surface area is 129 Å². The van der Waals surface area contributed by atoms with Crippen LogP contribution in [-0.4, -0.2) is 11.4 Å². The Bertz CT molecular complexity index is 646. The summed E-state index contributed by atoms with van der Waals surface area (Å²) in [5.41, 5.74) is 8.57. The maximum Gasteiger partial charge on any atom is 0.128 e. The van der Waals surface area contributed by atoms with Crippen LogP contribution in [0.15, 0.2) is 36.4 Å². The number of nitrogens with two attached hydrogens (primary N) is 1. The molecule has 0 saturated carbocycles. The summed E-state index contributed by atoms with van der Waals surface area (Å²) < 4.78 is 27.5. The maximum atomic E-state index is 13.8. The van der Waals surface area contributed by atoms with Gasteiger partial charge in [0.15, 0.2) is 0 Å². The van der Waals surface area contributed by atoms with Crippen LogP contribution < -0.4 is 5.73 Å². The second-order valence-electron chi connectivity index (χ2n) is 5.19. The predicted molar refractivity (Wildman–Crippen MR) is 82.3 cm³/mol. The maximum absolute atomic E-state index is 13.8. The van der Waals surface area contributed by atoms with Crippen molar-refractivity contribution in [3.05, 3.63) is 64.7 Å². The molecule has 2 aromatic carbocycles. The van der Waals surface area contributed by atoms with Gasteiger partial charge in [-0.2, -0.15) is 0 Å². The standard InChI is InChI=1S/C16H16F2N2.ClH/c17-15-4-5-16(18)14-10-20(7-6-13(14)15)9-11-2-1-3-12(19)8-11;/h1-5,8H,6-7,9-10,19H2;1H. The molecule has 0 unspecified atom stereocenters. The second kappa shape index (κ2) is 6.41. The van der Waals surface area contributed by atoms with Gasteiger partial charge in [-0.25, -0.2) is 8.78 Å². The van der Waals surface area contributed by atoms with E-state index < -0.39 is 0 Å². The Hall–Kier alpha value is -1.65. The van der Waals surface area contributed by atoms with Crippen molar-refractivity contribution < 1.29 is 8.78 Å². The van der Waals surface area contributed by atoms with Crippen molar-refractivity contribution in [2.24, 2.45) is 0 Å². The number of hydrogen-bond donors (Lipinski definition) is 1. The van der Waals surface area contributed by atoms with Gasteiger partial charge in [-0.3, -0.25) is 4.90 Å². The molecule has 2 N–H and O–H groups in total. The highest BCUT2D eigenvalue weighted by atomic mass is 35.5. The van der Waals surface area contributed by atoms with Crippen molar-refractivity contribution in [2.45, 2.75) is 19.5 Å². The number of halogens is 3. The van der Waals surface area contributed by atoms with Crippen molar-refractivity contribution in [2.75, 3.05) is 12.3 Å². The third-order valence-corrected chi connectivity index (χ3v) is 3.73. The Morgan fingerprint density at radius 3 is 2.48 bits per heavy atom. The van der Waals surface area contributed by atoms with Gasteiger partial charge >= 0.3 is 0 Å². The molecule has 21 heavy (non-hydrogen) atoms. The Kier molecular flexibility index (Phi) is 4.80. The van der Waals surface area contributed by atoms with Crippen molar-refractivity contribution in [3.63, 3.8) is 0 Å². The third kappa shape index (κ3) is 3.34. The highest BCUT2D eigenvalue weighted by Crippen LogP contribution is 2.25. The molecule has 2 aromatic rings. The van der Waals surface area contributed by atoms with Gasteiger partial charge < -0.3 is 5.73 Å². The molecule has 0 atom stereocenters. The first-order valence-electron chi connectivity index (χ1n) is 6.66. The predicted octanol–water partition coefficient (Wildman–Crippen LogP) is 3.53. The number of nitrogen functional groups attached to an aromatic ring is 1. The third-order valence-electron chi connectivity index (χ3n) is 3.73. The van der Waals surface area contributed by atoms with E-state index in [0.29, 0.717) is 30.6 Å². The molecular weight excluding hydrogens is 294 g/mol. The summed E-state index contributed by atoms with van der Waals surface area (Å²) >= 11 is 0. The molecule has 0 radical (unpaired) electrons. The van der Waals surface area contributed by atoms with Crippen LogP contribution in [0.2, 0.25) is 0 Å². The summed E-state index contributed by atoms with van der Waals surface area (Å²) in [6, 6.07) is 10.1. The molecular formula is C16H17ClF2N2. The van der Waals surface area contributed by atoms with E-state index in [9.17, 15) is 8.78 Å². The van der Waals surface area contributed by atoms with Crippen molar-refractivity contribution >= 4 is 18.1 Å². The zero-order chi connectivity index (χ0) is 14.1. The minimum Gasteiger partial charge on any atom is -0.399 e. The Morgan fingerprint density at radius 1 is 1.05 bits per heavy atom. The zero-order valence-corrected chi connectivity index (χ0v) is 12.3. The van der Waals surface area contributed by atoms with Gasteiger partial charge in [-0.05, 0) is 41.8 Å². The van der Waals surface area contributed by atoms with E-state index in [4.69, 9.17) is 5.73 Å². The van der Waals surface area contributed by atoms with Crippen LogP contribution in [0, 0.1) is 11.6 Å². The number of anilines is 1. The smallest absolute Gasteiger partial charge is 0.128 e. The van der Waals surface area contributed by atoms with Crippen LogP contribution in [0.5, 0.6) is 0 Å². The number of hydrogen-bond acceptors (Lipinski definition) is 2. The highest BCUT2D eigenvalue weighted by molar-refractivity contribution is 5.85. The molecule has 3 rings (SSSR count). The number of fused-ring (bicyclic) bond motifs is 1. The fourth-order valence-corrected chi connectivity index (χ4v) is 2.73. The summed E-state index contributed by atoms with van der Waals surface area (Å²) in [4.78, 5) is 2.11. The first kappa shape index (κ1) is 15.7. The molecule has 2 nitrogen and oxygen atoms in total. The quantitative estimate of drug-likeness (QED) is 0.860. The molecule has 0 spiro atoms. The van der Waals surface area contributed by atoms with Gasteiger partial charge in [0.2, 0.25) is 0 Å². The zero-order valence-electron chi connectivity index (χ0n) is 11.5. The number of benzene rings is 2. The number of rotatable bonds is 2. The van der Waals surface area contributed by atoms with Crippen LogP contribution >= 0.6 is 12.4 Å². The van der Waals surface area contributed by atoms with E-state index in [2.05, 4.69) is 4.90 Å². The topological polar surface area (TPSA) is 29.3 Å². The molecule has 0 fully saturated rings. The van der Waals surface area contributed by atoms with Gasteiger partial charge in [-0.1, -0.05) is 12.1 Å². The molecule has 1 aliphatic heterocycles. The Morgan fingerprint density at radius 2 is 1.76 bits per heavy atom. The van der Waals surface area contributed by atoms with Crippen molar-refractivity contribution in [1.82, 2.24) is 4.90 Å². The largest absolute Gasteiger partial charge is 0.399 e. The molecule has 0 amide bonds. The molecule has 0 aromatic heterocycles. The molecule has 112 valence electrons. The van der Waals surface area contributed by atoms with E-state index in [-0.39, 0.29) is 24.0 Å². The summed E-state index contributed by atoms with van der Waals surface area (Å²) in [5.74, 6) is -0.622.